The molecule has 0 spiro atoms. The van der Waals surface area contributed by atoms with Crippen LogP contribution in [0.15, 0.2) is 15.2 Å². The molecule has 0 aromatic carbocycles. The highest BCUT2D eigenvalue weighted by Gasteiger charge is 2.19. The van der Waals surface area contributed by atoms with Gasteiger partial charge in [0.1, 0.15) is 11.4 Å². The summed E-state index contributed by atoms with van der Waals surface area (Å²) in [5, 5.41) is 2.61. The molecule has 0 radical (unpaired) electrons. The molecule has 1 rings (SSSR count). The Morgan fingerprint density at radius 1 is 1.61 bits per heavy atom. The molecule has 1 aromatic rings. The number of rotatable bonds is 3. The van der Waals surface area contributed by atoms with Crippen LogP contribution in [0.1, 0.15) is 38.1 Å². The zero-order valence-electron chi connectivity index (χ0n) is 11.0. The van der Waals surface area contributed by atoms with Crippen LogP contribution in [0.3, 0.4) is 0 Å². The quantitative estimate of drug-likeness (QED) is 0.898. The predicted molar refractivity (Wildman–Crippen MR) is 72.3 cm³/mol. The Hall–Kier alpha value is -1.01. The second kappa shape index (κ2) is 5.75. The summed E-state index contributed by atoms with van der Waals surface area (Å²) in [4.78, 5) is 11.5. The maximum atomic E-state index is 11.5. The van der Waals surface area contributed by atoms with Gasteiger partial charge in [-0.05, 0) is 55.3 Å². The maximum absolute atomic E-state index is 11.5. The molecule has 18 heavy (non-hydrogen) atoms. The average molecular weight is 319 g/mol. The van der Waals surface area contributed by atoms with Crippen LogP contribution < -0.4 is 11.1 Å². The van der Waals surface area contributed by atoms with Gasteiger partial charge in [0, 0.05) is 6.54 Å². The van der Waals surface area contributed by atoms with Crippen molar-refractivity contribution < 1.29 is 13.9 Å². The molecule has 102 valence electrons. The van der Waals surface area contributed by atoms with Gasteiger partial charge in [-0.15, -0.1) is 0 Å². The number of aryl methyl sites for hydroxylation is 1. The minimum Gasteiger partial charge on any atom is -0.452 e. The van der Waals surface area contributed by atoms with Crippen LogP contribution in [-0.2, 0) is 4.74 Å². The minimum atomic E-state index is -0.516. The normalized spacial score (nSPS) is 13.2. The Morgan fingerprint density at radius 3 is 2.67 bits per heavy atom. The van der Waals surface area contributed by atoms with Crippen LogP contribution in [0, 0.1) is 6.92 Å². The van der Waals surface area contributed by atoms with Gasteiger partial charge in [-0.3, -0.25) is 0 Å². The van der Waals surface area contributed by atoms with Crippen molar-refractivity contribution in [2.45, 2.75) is 39.3 Å². The fraction of sp³-hybridized carbons (Fsp3) is 0.583. The molecule has 5 nitrogen and oxygen atoms in total. The molecule has 0 bridgehead atoms. The second-order valence-corrected chi connectivity index (χ2v) is 5.87. The van der Waals surface area contributed by atoms with E-state index in [9.17, 15) is 4.79 Å². The molecule has 1 amide bonds. The van der Waals surface area contributed by atoms with Gasteiger partial charge in [0.05, 0.1) is 6.04 Å². The van der Waals surface area contributed by atoms with Crippen molar-refractivity contribution in [3.05, 3.63) is 22.1 Å². The lowest BCUT2D eigenvalue weighted by Crippen LogP contribution is -2.36. The van der Waals surface area contributed by atoms with Gasteiger partial charge in [-0.25, -0.2) is 4.79 Å². The number of alkyl carbamates (subject to hydrolysis) is 1. The van der Waals surface area contributed by atoms with E-state index in [1.165, 1.54) is 0 Å². The smallest absolute Gasteiger partial charge is 0.407 e. The number of carbonyl (C=O) groups excluding carboxylic acids is 1. The van der Waals surface area contributed by atoms with Crippen LogP contribution >= 0.6 is 15.9 Å². The first-order valence-corrected chi connectivity index (χ1v) is 6.46. The van der Waals surface area contributed by atoms with E-state index in [1.54, 1.807) is 20.8 Å². The first-order valence-electron chi connectivity index (χ1n) is 5.67. The van der Waals surface area contributed by atoms with Crippen molar-refractivity contribution in [3.8, 4) is 0 Å². The van der Waals surface area contributed by atoms with Crippen LogP contribution in [0.4, 0.5) is 4.79 Å². The predicted octanol–water partition coefficient (Wildman–Crippen LogP) is 2.88. The number of nitrogens with one attached hydrogen (secondary N) is 1. The van der Waals surface area contributed by atoms with Crippen molar-refractivity contribution in [3.63, 3.8) is 0 Å². The maximum Gasteiger partial charge on any atom is 0.407 e. The summed E-state index contributed by atoms with van der Waals surface area (Å²) in [6.07, 6.45) is -0.485. The fourth-order valence-electron chi connectivity index (χ4n) is 1.42. The Morgan fingerprint density at radius 2 is 2.22 bits per heavy atom. The first-order chi connectivity index (χ1) is 8.19. The molecular formula is C12H19BrN2O3. The van der Waals surface area contributed by atoms with Gasteiger partial charge in [0.25, 0.3) is 0 Å². The summed E-state index contributed by atoms with van der Waals surface area (Å²) < 4.78 is 11.2. The van der Waals surface area contributed by atoms with Gasteiger partial charge < -0.3 is 20.2 Å². The third-order valence-electron chi connectivity index (χ3n) is 2.13. The number of hydrogen-bond donors (Lipinski definition) is 2. The lowest BCUT2D eigenvalue weighted by atomic mass is 10.1. The molecule has 1 unspecified atom stereocenters. The van der Waals surface area contributed by atoms with E-state index in [0.717, 1.165) is 5.56 Å². The average Bonchev–Trinajstić information content (AvgIpc) is 2.52. The highest BCUT2D eigenvalue weighted by Crippen LogP contribution is 2.23. The Labute approximate surface area is 115 Å². The largest absolute Gasteiger partial charge is 0.452 e. The lowest BCUT2D eigenvalue weighted by Gasteiger charge is -2.20. The summed E-state index contributed by atoms with van der Waals surface area (Å²) in [6, 6.07) is 1.44. The number of amides is 1. The van der Waals surface area contributed by atoms with Gasteiger partial charge in [-0.2, -0.15) is 0 Å². The number of halogens is 1. The van der Waals surface area contributed by atoms with Crippen molar-refractivity contribution in [2.24, 2.45) is 5.73 Å². The molecule has 0 aliphatic rings. The van der Waals surface area contributed by atoms with Gasteiger partial charge in [0.2, 0.25) is 0 Å². The third kappa shape index (κ3) is 4.70. The van der Waals surface area contributed by atoms with Crippen LogP contribution in [0.2, 0.25) is 0 Å². The molecular weight excluding hydrogens is 300 g/mol. The lowest BCUT2D eigenvalue weighted by molar-refractivity contribution is 0.0523. The Kier molecular flexibility index (Phi) is 4.81. The summed E-state index contributed by atoms with van der Waals surface area (Å²) in [5.74, 6) is 0.651. The van der Waals surface area contributed by atoms with Gasteiger partial charge >= 0.3 is 6.09 Å². The van der Waals surface area contributed by atoms with Crippen molar-refractivity contribution in [1.29, 1.82) is 0 Å². The molecule has 0 aliphatic heterocycles. The van der Waals surface area contributed by atoms with E-state index in [4.69, 9.17) is 14.9 Å². The van der Waals surface area contributed by atoms with E-state index in [-0.39, 0.29) is 6.54 Å². The molecule has 1 atom stereocenters. The molecule has 0 fully saturated rings. The van der Waals surface area contributed by atoms with Crippen molar-refractivity contribution in [1.82, 2.24) is 5.32 Å². The van der Waals surface area contributed by atoms with E-state index in [1.807, 2.05) is 13.0 Å². The molecule has 1 heterocycles. The monoisotopic (exact) mass is 318 g/mol. The molecule has 3 N–H and O–H groups in total. The number of nitrogens with two attached hydrogens (primary N) is 1. The molecule has 0 aliphatic carbocycles. The fourth-order valence-corrected chi connectivity index (χ4v) is 1.94. The van der Waals surface area contributed by atoms with Crippen LogP contribution in [0.5, 0.6) is 0 Å². The Bertz CT molecular complexity index is 423. The topological polar surface area (TPSA) is 77.5 Å². The van der Waals surface area contributed by atoms with Crippen molar-refractivity contribution in [2.75, 3.05) is 6.54 Å². The highest BCUT2D eigenvalue weighted by molar-refractivity contribution is 9.10. The summed E-state index contributed by atoms with van der Waals surface area (Å²) in [7, 11) is 0. The molecule has 6 heteroatoms. The third-order valence-corrected chi connectivity index (χ3v) is 2.52. The minimum absolute atomic E-state index is 0.260. The van der Waals surface area contributed by atoms with E-state index in [0.29, 0.717) is 10.4 Å². The number of ether oxygens (including phenoxy) is 1. The zero-order valence-corrected chi connectivity index (χ0v) is 12.6. The summed E-state index contributed by atoms with van der Waals surface area (Å²) in [6.45, 7) is 7.58. The SMILES string of the molecule is Cc1cc(Br)oc1C(N)CNC(=O)OC(C)(C)C. The molecule has 0 saturated carbocycles. The Balaban J connectivity index is 2.49. The first kappa shape index (κ1) is 15.0. The zero-order chi connectivity index (χ0) is 13.9. The van der Waals surface area contributed by atoms with Gasteiger partial charge in [0.15, 0.2) is 4.67 Å². The van der Waals surface area contributed by atoms with E-state index < -0.39 is 17.7 Å². The van der Waals surface area contributed by atoms with E-state index >= 15 is 0 Å². The number of furan rings is 1. The molecule has 1 aromatic heterocycles. The van der Waals surface area contributed by atoms with E-state index in [2.05, 4.69) is 21.2 Å². The van der Waals surface area contributed by atoms with Crippen LogP contribution in [0.25, 0.3) is 0 Å². The standard InChI is InChI=1S/C12H19BrN2O3/c1-7-5-9(13)17-10(7)8(14)6-15-11(16)18-12(2,3)4/h5,8H,6,14H2,1-4H3,(H,15,16). The number of hydrogen-bond acceptors (Lipinski definition) is 4. The number of carbonyl (C=O) groups is 1. The summed E-state index contributed by atoms with van der Waals surface area (Å²) in [5.41, 5.74) is 6.37. The summed E-state index contributed by atoms with van der Waals surface area (Å²) >= 11 is 3.24. The van der Waals surface area contributed by atoms with Crippen molar-refractivity contribution >= 4 is 22.0 Å². The second-order valence-electron chi connectivity index (χ2n) is 5.09. The van der Waals surface area contributed by atoms with Gasteiger partial charge in [-0.1, -0.05) is 0 Å². The van der Waals surface area contributed by atoms with Crippen LogP contribution in [-0.4, -0.2) is 18.2 Å². The highest BCUT2D eigenvalue weighted by atomic mass is 79.9. The molecule has 0 saturated heterocycles.